The third kappa shape index (κ3) is 5.41. The van der Waals surface area contributed by atoms with Crippen LogP contribution in [0.3, 0.4) is 0 Å². The predicted octanol–water partition coefficient (Wildman–Crippen LogP) is 5.25. The largest absolute Gasteiger partial charge is 0.497 e. The summed E-state index contributed by atoms with van der Waals surface area (Å²) >= 11 is 0. The Labute approximate surface area is 191 Å². The van der Waals surface area contributed by atoms with Gasteiger partial charge in [-0.05, 0) is 43.3 Å². The lowest BCUT2D eigenvalue weighted by Crippen LogP contribution is -2.33. The van der Waals surface area contributed by atoms with E-state index in [1.165, 1.54) is 26.2 Å². The molecule has 1 N–H and O–H groups in total. The molecule has 0 aliphatic heterocycles. The fourth-order valence-corrected chi connectivity index (χ4v) is 3.23. The zero-order chi connectivity index (χ0) is 25.3. The zero-order valence-corrected chi connectivity index (χ0v) is 18.3. The number of amides is 1. The number of hydrogen-bond acceptors (Lipinski definition) is 4. The average Bonchev–Trinajstić information content (AvgIpc) is 2.77. The van der Waals surface area contributed by atoms with Gasteiger partial charge in [0.25, 0.3) is 11.5 Å². The second kappa shape index (κ2) is 9.24. The van der Waals surface area contributed by atoms with Gasteiger partial charge in [0.1, 0.15) is 11.8 Å². The summed E-state index contributed by atoms with van der Waals surface area (Å²) in [5.74, 6) is -4.09. The number of nitrogens with one attached hydrogen (secondary N) is 1. The van der Waals surface area contributed by atoms with Crippen LogP contribution in [0.5, 0.6) is 5.75 Å². The minimum atomic E-state index is -5.00. The molecule has 0 aliphatic carbocycles. The van der Waals surface area contributed by atoms with Crippen molar-refractivity contribution in [3.05, 3.63) is 76.1 Å². The van der Waals surface area contributed by atoms with Crippen molar-refractivity contribution < 1.29 is 31.5 Å². The average molecular weight is 481 g/mol. The van der Waals surface area contributed by atoms with Gasteiger partial charge in [-0.3, -0.25) is 9.59 Å². The van der Waals surface area contributed by atoms with Crippen molar-refractivity contribution in [2.45, 2.75) is 32.0 Å². The van der Waals surface area contributed by atoms with Crippen LogP contribution >= 0.6 is 0 Å². The Morgan fingerprint density at radius 2 is 1.74 bits per heavy atom. The molecular formula is C23H20F5N3O3. The molecule has 0 fully saturated rings. The Morgan fingerprint density at radius 3 is 2.35 bits per heavy atom. The van der Waals surface area contributed by atoms with Crippen LogP contribution < -0.4 is 15.6 Å². The van der Waals surface area contributed by atoms with Crippen LogP contribution in [-0.4, -0.2) is 22.8 Å². The first kappa shape index (κ1) is 24.9. The van der Waals surface area contributed by atoms with Crippen LogP contribution in [0.1, 0.15) is 31.0 Å². The van der Waals surface area contributed by atoms with Gasteiger partial charge in [-0.15, -0.1) is 0 Å². The summed E-state index contributed by atoms with van der Waals surface area (Å²) in [7, 11) is 1.49. The summed E-state index contributed by atoms with van der Waals surface area (Å²) in [6.45, 7) is 1.68. The van der Waals surface area contributed by atoms with Crippen molar-refractivity contribution in [3.63, 3.8) is 0 Å². The molecule has 0 aliphatic rings. The first-order valence-electron chi connectivity index (χ1n) is 9.96. The van der Waals surface area contributed by atoms with Crippen molar-refractivity contribution in [2.24, 2.45) is 0 Å². The second-order valence-electron chi connectivity index (χ2n) is 7.55. The Hall–Kier alpha value is -3.76. The summed E-state index contributed by atoms with van der Waals surface area (Å²) in [5.41, 5.74) is -2.70. The molecule has 0 saturated carbocycles. The molecule has 2 aromatic carbocycles. The van der Waals surface area contributed by atoms with E-state index in [0.717, 1.165) is 10.7 Å². The van der Waals surface area contributed by atoms with Gasteiger partial charge < -0.3 is 10.1 Å². The van der Waals surface area contributed by atoms with E-state index < -0.39 is 40.7 Å². The number of methoxy groups -OCH3 is 1. The lowest BCUT2D eigenvalue weighted by molar-refractivity contribution is -0.141. The first-order chi connectivity index (χ1) is 15.8. The van der Waals surface area contributed by atoms with Gasteiger partial charge in [0.15, 0.2) is 0 Å². The van der Waals surface area contributed by atoms with Crippen LogP contribution in [0.25, 0.3) is 11.3 Å². The summed E-state index contributed by atoms with van der Waals surface area (Å²) in [6.07, 6.45) is -5.00. The monoisotopic (exact) mass is 481 g/mol. The van der Waals surface area contributed by atoms with Crippen LogP contribution in [-0.2, 0) is 16.9 Å². The van der Waals surface area contributed by atoms with E-state index >= 15 is 0 Å². The minimum Gasteiger partial charge on any atom is -0.497 e. The molecule has 0 bridgehead atoms. The molecule has 3 aromatic rings. The Balaban J connectivity index is 1.91. The molecule has 1 unspecified atom stereocenters. The topological polar surface area (TPSA) is 73.2 Å². The van der Waals surface area contributed by atoms with Crippen molar-refractivity contribution in [1.29, 1.82) is 0 Å². The number of halogens is 5. The van der Waals surface area contributed by atoms with Crippen LogP contribution in [0.4, 0.5) is 27.6 Å². The third-order valence-electron chi connectivity index (χ3n) is 5.00. The van der Waals surface area contributed by atoms with Crippen LogP contribution in [0.15, 0.2) is 59.4 Å². The SMILES string of the molecule is COc1cccc(-c2ccc(=O)n(C(C)C(=O)Nc3ccc(C(F)(F)F)c(C(C)(F)F)c3)n2)c1. The molecule has 1 aromatic heterocycles. The van der Waals surface area contributed by atoms with E-state index in [1.54, 1.807) is 24.3 Å². The Bertz CT molecular complexity index is 1270. The van der Waals surface area contributed by atoms with Crippen molar-refractivity contribution in [2.75, 3.05) is 12.4 Å². The maximum Gasteiger partial charge on any atom is 0.416 e. The Kier molecular flexibility index (Phi) is 6.76. The molecule has 0 spiro atoms. The van der Waals surface area contributed by atoms with Gasteiger partial charge in [-0.2, -0.15) is 18.3 Å². The van der Waals surface area contributed by atoms with E-state index in [0.29, 0.717) is 36.1 Å². The van der Waals surface area contributed by atoms with Crippen molar-refractivity contribution >= 4 is 11.6 Å². The molecule has 34 heavy (non-hydrogen) atoms. The summed E-state index contributed by atoms with van der Waals surface area (Å²) < 4.78 is 73.0. The zero-order valence-electron chi connectivity index (χ0n) is 18.3. The summed E-state index contributed by atoms with van der Waals surface area (Å²) in [6, 6.07) is 10.2. The molecule has 1 amide bonds. The highest BCUT2D eigenvalue weighted by atomic mass is 19.4. The van der Waals surface area contributed by atoms with Gasteiger partial charge in [0.05, 0.1) is 18.4 Å². The lowest BCUT2D eigenvalue weighted by Gasteiger charge is -2.20. The maximum atomic E-state index is 13.8. The molecule has 3 rings (SSSR count). The molecule has 11 heteroatoms. The molecule has 1 atom stereocenters. The molecular weight excluding hydrogens is 461 g/mol. The quantitative estimate of drug-likeness (QED) is 0.488. The second-order valence-corrected chi connectivity index (χ2v) is 7.55. The summed E-state index contributed by atoms with van der Waals surface area (Å²) in [4.78, 5) is 25.1. The van der Waals surface area contributed by atoms with Gasteiger partial charge in [-0.1, -0.05) is 12.1 Å². The number of anilines is 1. The predicted molar refractivity (Wildman–Crippen MR) is 115 cm³/mol. The van der Waals surface area contributed by atoms with E-state index in [-0.39, 0.29) is 5.69 Å². The third-order valence-corrected chi connectivity index (χ3v) is 5.00. The number of alkyl halides is 5. The number of nitrogens with zero attached hydrogens (tertiary/aromatic N) is 2. The lowest BCUT2D eigenvalue weighted by atomic mass is 10.0. The fraction of sp³-hybridized carbons (Fsp3) is 0.261. The maximum absolute atomic E-state index is 13.8. The number of carbonyl (C=O) groups excluding carboxylic acids is 1. The fourth-order valence-electron chi connectivity index (χ4n) is 3.23. The van der Waals surface area contributed by atoms with Gasteiger partial charge in [0, 0.05) is 29.8 Å². The minimum absolute atomic E-state index is 0.279. The molecule has 1 heterocycles. The van der Waals surface area contributed by atoms with Gasteiger partial charge in [-0.25, -0.2) is 13.5 Å². The molecule has 0 radical (unpaired) electrons. The van der Waals surface area contributed by atoms with Crippen LogP contribution in [0.2, 0.25) is 0 Å². The Morgan fingerprint density at radius 1 is 1.03 bits per heavy atom. The smallest absolute Gasteiger partial charge is 0.416 e. The highest BCUT2D eigenvalue weighted by Gasteiger charge is 2.40. The van der Waals surface area contributed by atoms with E-state index in [2.05, 4.69) is 10.4 Å². The van der Waals surface area contributed by atoms with Crippen molar-refractivity contribution in [1.82, 2.24) is 9.78 Å². The highest BCUT2D eigenvalue weighted by molar-refractivity contribution is 5.93. The normalized spacial score (nSPS) is 12.8. The molecule has 6 nitrogen and oxygen atoms in total. The standard InChI is InChI=1S/C23H20F5N3O3/c1-13(31-20(32)10-9-19(30-31)14-5-4-6-16(11-14)34-3)21(33)29-15-7-8-17(23(26,27)28)18(12-15)22(2,24)25/h4-13H,1-3H3,(H,29,33). The summed E-state index contributed by atoms with van der Waals surface area (Å²) in [5, 5.41) is 6.48. The van der Waals surface area contributed by atoms with Gasteiger partial charge in [0.2, 0.25) is 5.91 Å². The van der Waals surface area contributed by atoms with E-state index in [4.69, 9.17) is 4.74 Å². The van der Waals surface area contributed by atoms with Crippen LogP contribution in [0, 0.1) is 0 Å². The number of carbonyl (C=O) groups is 1. The number of ether oxygens (including phenoxy) is 1. The van der Waals surface area contributed by atoms with E-state index in [1.807, 2.05) is 0 Å². The number of aromatic nitrogens is 2. The van der Waals surface area contributed by atoms with E-state index in [9.17, 15) is 31.5 Å². The van der Waals surface area contributed by atoms with Gasteiger partial charge >= 0.3 is 6.18 Å². The number of hydrogen-bond donors (Lipinski definition) is 1. The molecule has 0 saturated heterocycles. The first-order valence-corrected chi connectivity index (χ1v) is 9.96. The van der Waals surface area contributed by atoms with Crippen molar-refractivity contribution in [3.8, 4) is 17.0 Å². The number of benzene rings is 2. The number of rotatable bonds is 6. The molecule has 180 valence electrons. The highest BCUT2D eigenvalue weighted by Crippen LogP contribution is 2.40.